The second kappa shape index (κ2) is 5.72. The minimum Gasteiger partial charge on any atom is -0.481 e. The lowest BCUT2D eigenvalue weighted by Crippen LogP contribution is -2.07. The topological polar surface area (TPSA) is 87.4 Å². The number of alkyl halides is 2. The van der Waals surface area contributed by atoms with Crippen molar-refractivity contribution < 1.29 is 28.2 Å². The highest BCUT2D eigenvalue weighted by atomic mass is 19.3. The number of nitrogens with zero attached hydrogens (tertiary/aromatic N) is 1. The van der Waals surface area contributed by atoms with Gasteiger partial charge in [-0.2, -0.15) is 14.0 Å². The van der Waals surface area contributed by atoms with Crippen molar-refractivity contribution in [2.24, 2.45) is 0 Å². The number of aliphatic carboxylic acids is 1. The normalized spacial score (nSPS) is 9.89. The van der Waals surface area contributed by atoms with E-state index in [4.69, 9.17) is 10.4 Å². The van der Waals surface area contributed by atoms with Gasteiger partial charge >= 0.3 is 12.6 Å². The number of rotatable bonds is 5. The molecule has 0 atom stereocenters. The zero-order chi connectivity index (χ0) is 13.7. The third-order valence-electron chi connectivity index (χ3n) is 2.03. The number of carboxylic acids is 1. The summed E-state index contributed by atoms with van der Waals surface area (Å²) in [6.45, 7) is -3.10. The molecule has 0 unspecified atom stereocenters. The van der Waals surface area contributed by atoms with Gasteiger partial charge in [0.2, 0.25) is 0 Å². The summed E-state index contributed by atoms with van der Waals surface area (Å²) in [4.78, 5) is 21.3. The van der Waals surface area contributed by atoms with Crippen molar-refractivity contribution in [3.8, 4) is 11.8 Å². The summed E-state index contributed by atoms with van der Waals surface area (Å²) >= 11 is 0. The third-order valence-corrected chi connectivity index (χ3v) is 2.03. The molecule has 0 radical (unpaired) electrons. The number of nitriles is 1. The van der Waals surface area contributed by atoms with Gasteiger partial charge in [0.1, 0.15) is 11.8 Å². The van der Waals surface area contributed by atoms with E-state index in [0.29, 0.717) is 0 Å². The smallest absolute Gasteiger partial charge is 0.387 e. The molecule has 0 amide bonds. The van der Waals surface area contributed by atoms with Crippen molar-refractivity contribution in [1.29, 1.82) is 5.26 Å². The average Bonchev–Trinajstić information content (AvgIpc) is 2.26. The maximum atomic E-state index is 12.0. The van der Waals surface area contributed by atoms with Crippen LogP contribution in [0.1, 0.15) is 21.5 Å². The fraction of sp³-hybridized carbons (Fsp3) is 0.182. The van der Waals surface area contributed by atoms with Crippen LogP contribution in [0.15, 0.2) is 12.1 Å². The summed E-state index contributed by atoms with van der Waals surface area (Å²) < 4.78 is 28.2. The van der Waals surface area contributed by atoms with Gasteiger partial charge in [-0.05, 0) is 17.7 Å². The largest absolute Gasteiger partial charge is 0.481 e. The molecule has 0 aliphatic heterocycles. The van der Waals surface area contributed by atoms with Crippen LogP contribution in [0.3, 0.4) is 0 Å². The minimum absolute atomic E-state index is 0.0507. The van der Waals surface area contributed by atoms with E-state index in [2.05, 4.69) is 4.74 Å². The second-order valence-electron chi connectivity index (χ2n) is 3.23. The van der Waals surface area contributed by atoms with Crippen LogP contribution < -0.4 is 4.74 Å². The molecule has 94 valence electrons. The van der Waals surface area contributed by atoms with Gasteiger partial charge < -0.3 is 9.84 Å². The van der Waals surface area contributed by atoms with Crippen LogP contribution in [0.4, 0.5) is 8.78 Å². The van der Waals surface area contributed by atoms with E-state index in [1.54, 1.807) is 6.07 Å². The first-order valence-corrected chi connectivity index (χ1v) is 4.66. The Morgan fingerprint density at radius 2 is 2.22 bits per heavy atom. The molecular formula is C11H7F2NO4. The Morgan fingerprint density at radius 1 is 1.56 bits per heavy atom. The number of carbonyl (C=O) groups excluding carboxylic acids is 1. The van der Waals surface area contributed by atoms with Crippen LogP contribution in [0.5, 0.6) is 5.75 Å². The molecule has 1 aromatic carbocycles. The quantitative estimate of drug-likeness (QED) is 0.807. The summed E-state index contributed by atoms with van der Waals surface area (Å²) in [7, 11) is 0. The van der Waals surface area contributed by atoms with E-state index in [0.717, 1.165) is 12.1 Å². The molecule has 0 aromatic heterocycles. The first-order valence-electron chi connectivity index (χ1n) is 4.66. The SMILES string of the molecule is N#Cc1c(C=O)cc(OC(F)F)cc1CC(=O)O. The Labute approximate surface area is 100 Å². The zero-order valence-corrected chi connectivity index (χ0v) is 8.89. The van der Waals surface area contributed by atoms with Crippen molar-refractivity contribution in [2.45, 2.75) is 13.0 Å². The molecule has 0 bridgehead atoms. The molecule has 5 nitrogen and oxygen atoms in total. The lowest BCUT2D eigenvalue weighted by Gasteiger charge is -2.09. The molecule has 0 aliphatic carbocycles. The Morgan fingerprint density at radius 3 is 2.67 bits per heavy atom. The molecule has 1 N–H and O–H groups in total. The van der Waals surface area contributed by atoms with Crippen molar-refractivity contribution in [2.75, 3.05) is 0 Å². The monoisotopic (exact) mass is 255 g/mol. The summed E-state index contributed by atoms with van der Waals surface area (Å²) in [5, 5.41) is 17.5. The molecule has 0 saturated heterocycles. The Bertz CT molecular complexity index is 523. The van der Waals surface area contributed by atoms with E-state index in [1.807, 2.05) is 0 Å². The number of hydrogen-bond acceptors (Lipinski definition) is 4. The van der Waals surface area contributed by atoms with E-state index in [9.17, 15) is 18.4 Å². The lowest BCUT2D eigenvalue weighted by molar-refractivity contribution is -0.136. The molecule has 1 aromatic rings. The van der Waals surface area contributed by atoms with E-state index < -0.39 is 19.0 Å². The molecular weight excluding hydrogens is 248 g/mol. The van der Waals surface area contributed by atoms with Gasteiger partial charge in [-0.25, -0.2) is 0 Å². The standard InChI is InChI=1S/C11H7F2NO4/c12-11(13)18-8-1-6(3-10(16)17)9(4-14)7(2-8)5-15/h1-2,5,11H,3H2,(H,16,17). The van der Waals surface area contributed by atoms with Gasteiger partial charge in [0.05, 0.1) is 12.0 Å². The van der Waals surface area contributed by atoms with Crippen molar-refractivity contribution in [3.05, 3.63) is 28.8 Å². The van der Waals surface area contributed by atoms with E-state index in [1.165, 1.54) is 0 Å². The van der Waals surface area contributed by atoms with Gasteiger partial charge in [-0.3, -0.25) is 9.59 Å². The van der Waals surface area contributed by atoms with E-state index >= 15 is 0 Å². The molecule has 0 spiro atoms. The van der Waals surface area contributed by atoms with Gasteiger partial charge in [-0.15, -0.1) is 0 Å². The fourth-order valence-electron chi connectivity index (χ4n) is 1.40. The maximum Gasteiger partial charge on any atom is 0.387 e. The minimum atomic E-state index is -3.10. The predicted molar refractivity (Wildman–Crippen MR) is 54.5 cm³/mol. The first kappa shape index (κ1) is 13.6. The van der Waals surface area contributed by atoms with Crippen LogP contribution in [-0.4, -0.2) is 24.0 Å². The Hall–Kier alpha value is -2.49. The zero-order valence-electron chi connectivity index (χ0n) is 8.89. The molecule has 7 heteroatoms. The number of hydrogen-bond donors (Lipinski definition) is 1. The van der Waals surface area contributed by atoms with Crippen molar-refractivity contribution >= 4 is 12.3 Å². The number of carboxylic acid groups (broad SMARTS) is 1. The molecule has 0 aliphatic rings. The summed E-state index contributed by atoms with van der Waals surface area (Å²) in [6.07, 6.45) is -0.285. The average molecular weight is 255 g/mol. The number of benzene rings is 1. The van der Waals surface area contributed by atoms with Gasteiger partial charge in [0, 0.05) is 5.56 Å². The lowest BCUT2D eigenvalue weighted by atomic mass is 10.00. The highest BCUT2D eigenvalue weighted by Crippen LogP contribution is 2.23. The van der Waals surface area contributed by atoms with E-state index in [-0.39, 0.29) is 28.7 Å². The van der Waals surface area contributed by atoms with Gasteiger partial charge in [-0.1, -0.05) is 0 Å². The molecule has 1 rings (SSSR count). The number of halogens is 2. The van der Waals surface area contributed by atoms with Crippen LogP contribution in [-0.2, 0) is 11.2 Å². The third kappa shape index (κ3) is 3.25. The number of aldehydes is 1. The molecule has 0 heterocycles. The van der Waals surface area contributed by atoms with Crippen LogP contribution in [0.2, 0.25) is 0 Å². The Balaban J connectivity index is 3.31. The highest BCUT2D eigenvalue weighted by Gasteiger charge is 2.15. The summed E-state index contributed by atoms with van der Waals surface area (Å²) in [5.74, 6) is -1.61. The second-order valence-corrected chi connectivity index (χ2v) is 3.23. The van der Waals surface area contributed by atoms with Crippen LogP contribution in [0.25, 0.3) is 0 Å². The summed E-state index contributed by atoms with van der Waals surface area (Å²) in [5.41, 5.74) is -0.397. The molecule has 18 heavy (non-hydrogen) atoms. The first-order chi connectivity index (χ1) is 8.47. The molecule has 0 saturated carbocycles. The summed E-state index contributed by atoms with van der Waals surface area (Å²) in [6, 6.07) is 3.63. The van der Waals surface area contributed by atoms with Crippen LogP contribution >= 0.6 is 0 Å². The predicted octanol–water partition coefficient (Wildman–Crippen LogP) is 1.60. The van der Waals surface area contributed by atoms with Crippen molar-refractivity contribution in [3.63, 3.8) is 0 Å². The molecule has 0 fully saturated rings. The van der Waals surface area contributed by atoms with Crippen molar-refractivity contribution in [1.82, 2.24) is 0 Å². The van der Waals surface area contributed by atoms with Gasteiger partial charge in [0.15, 0.2) is 6.29 Å². The van der Waals surface area contributed by atoms with Gasteiger partial charge in [0.25, 0.3) is 0 Å². The Kier molecular flexibility index (Phi) is 4.32. The number of carbonyl (C=O) groups is 2. The maximum absolute atomic E-state index is 12.0. The highest BCUT2D eigenvalue weighted by molar-refractivity contribution is 5.82. The van der Waals surface area contributed by atoms with Crippen LogP contribution in [0, 0.1) is 11.3 Å². The fourth-order valence-corrected chi connectivity index (χ4v) is 1.40. The number of ether oxygens (including phenoxy) is 1.